The van der Waals surface area contributed by atoms with Gasteiger partial charge < -0.3 is 8.60 Å². The van der Waals surface area contributed by atoms with Gasteiger partial charge in [-0.05, 0) is 35.9 Å². The Morgan fingerprint density at radius 1 is 0.966 bits per heavy atom. The Morgan fingerprint density at radius 2 is 1.72 bits per heavy atom. The first-order chi connectivity index (χ1) is 13.8. The molecule has 0 bridgehead atoms. The Balaban J connectivity index is 1.71. The van der Waals surface area contributed by atoms with Crippen LogP contribution in [-0.2, 0) is 10.1 Å². The molecule has 1 aromatic heterocycles. The van der Waals surface area contributed by atoms with Gasteiger partial charge in [0.05, 0.1) is 16.0 Å². The summed E-state index contributed by atoms with van der Waals surface area (Å²) in [6.45, 7) is 0. The molecule has 8 heteroatoms. The third kappa shape index (κ3) is 3.74. The second-order valence-corrected chi connectivity index (χ2v) is 8.07. The maximum absolute atomic E-state index is 13.3. The van der Waals surface area contributed by atoms with Gasteiger partial charge in [-0.3, -0.25) is 4.79 Å². The molecule has 0 saturated heterocycles. The van der Waals surface area contributed by atoms with Gasteiger partial charge in [0, 0.05) is 6.07 Å². The Labute approximate surface area is 170 Å². The molecular formula is C21H12ClFO5S. The van der Waals surface area contributed by atoms with Crippen molar-refractivity contribution in [3.8, 4) is 16.9 Å². The monoisotopic (exact) mass is 430 g/mol. The van der Waals surface area contributed by atoms with E-state index in [-0.39, 0.29) is 32.1 Å². The van der Waals surface area contributed by atoms with E-state index in [0.717, 1.165) is 18.2 Å². The number of benzene rings is 3. The van der Waals surface area contributed by atoms with Crippen LogP contribution in [0.15, 0.2) is 87.1 Å². The average molecular weight is 431 g/mol. The lowest BCUT2D eigenvalue weighted by Gasteiger charge is -2.08. The lowest BCUT2D eigenvalue weighted by Crippen LogP contribution is -2.10. The summed E-state index contributed by atoms with van der Waals surface area (Å²) in [6, 6.07) is 16.0. The molecule has 4 aromatic rings. The lowest BCUT2D eigenvalue weighted by molar-refractivity contribution is 0.485. The normalized spacial score (nSPS) is 11.5. The molecule has 29 heavy (non-hydrogen) atoms. The molecular weight excluding hydrogens is 419 g/mol. The highest BCUT2D eigenvalue weighted by atomic mass is 35.5. The molecule has 0 atom stereocenters. The zero-order valence-electron chi connectivity index (χ0n) is 14.6. The van der Waals surface area contributed by atoms with Crippen molar-refractivity contribution >= 4 is 32.7 Å². The number of rotatable bonds is 4. The van der Waals surface area contributed by atoms with Gasteiger partial charge >= 0.3 is 10.1 Å². The zero-order valence-corrected chi connectivity index (χ0v) is 16.2. The van der Waals surface area contributed by atoms with E-state index in [1.807, 2.05) is 18.2 Å². The van der Waals surface area contributed by atoms with E-state index >= 15 is 0 Å². The van der Waals surface area contributed by atoms with Gasteiger partial charge in [0.2, 0.25) is 0 Å². The molecule has 0 aliphatic heterocycles. The van der Waals surface area contributed by atoms with Crippen molar-refractivity contribution in [1.82, 2.24) is 0 Å². The van der Waals surface area contributed by atoms with Gasteiger partial charge in [-0.15, -0.1) is 0 Å². The molecule has 146 valence electrons. The van der Waals surface area contributed by atoms with E-state index in [4.69, 9.17) is 20.2 Å². The molecule has 4 rings (SSSR count). The Morgan fingerprint density at radius 3 is 2.45 bits per heavy atom. The Kier molecular flexibility index (Phi) is 4.86. The van der Waals surface area contributed by atoms with Crippen molar-refractivity contribution in [3.05, 3.63) is 94.1 Å². The second-order valence-electron chi connectivity index (χ2n) is 6.12. The molecule has 0 spiro atoms. The SMILES string of the molecule is O=c1c(-c2ccccc2)coc2cc(OS(=O)(=O)c3ccc(F)c(Cl)c3)ccc12. The summed E-state index contributed by atoms with van der Waals surface area (Å²) in [4.78, 5) is 12.4. The zero-order chi connectivity index (χ0) is 20.6. The van der Waals surface area contributed by atoms with Crippen LogP contribution in [0.25, 0.3) is 22.1 Å². The minimum absolute atomic E-state index is 0.0615. The van der Waals surface area contributed by atoms with Crippen molar-refractivity contribution in [2.45, 2.75) is 4.90 Å². The van der Waals surface area contributed by atoms with Crippen LogP contribution in [0.1, 0.15) is 0 Å². The predicted octanol–water partition coefficient (Wildman–Crippen LogP) is 5.02. The standard InChI is InChI=1S/C21H12ClFO5S/c22-18-11-15(7-9-19(18)23)29(25,26)28-14-6-8-16-20(10-14)27-12-17(21(16)24)13-4-2-1-3-5-13/h1-12H. The van der Waals surface area contributed by atoms with Crippen molar-refractivity contribution < 1.29 is 21.4 Å². The molecule has 0 saturated carbocycles. The fraction of sp³-hybridized carbons (Fsp3) is 0. The summed E-state index contributed by atoms with van der Waals surface area (Å²) in [5.41, 5.74) is 1.01. The van der Waals surface area contributed by atoms with Crippen LogP contribution in [0.3, 0.4) is 0 Å². The molecule has 0 unspecified atom stereocenters. The van der Waals surface area contributed by atoms with E-state index in [1.165, 1.54) is 24.5 Å². The van der Waals surface area contributed by atoms with E-state index in [0.29, 0.717) is 11.1 Å². The average Bonchev–Trinajstić information content (AvgIpc) is 2.70. The van der Waals surface area contributed by atoms with E-state index < -0.39 is 15.9 Å². The van der Waals surface area contributed by atoms with Crippen LogP contribution < -0.4 is 9.61 Å². The molecule has 0 radical (unpaired) electrons. The Hall–Kier alpha value is -3.16. The van der Waals surface area contributed by atoms with E-state index in [9.17, 15) is 17.6 Å². The van der Waals surface area contributed by atoms with Gasteiger partial charge in [0.25, 0.3) is 0 Å². The first kappa shape index (κ1) is 19.2. The topological polar surface area (TPSA) is 73.6 Å². The molecule has 0 aliphatic carbocycles. The predicted molar refractivity (Wildman–Crippen MR) is 107 cm³/mol. The third-order valence-electron chi connectivity index (χ3n) is 4.22. The molecule has 3 aromatic carbocycles. The largest absolute Gasteiger partial charge is 0.463 e. The quantitative estimate of drug-likeness (QED) is 0.425. The smallest absolute Gasteiger partial charge is 0.339 e. The summed E-state index contributed by atoms with van der Waals surface area (Å²) in [5, 5.41) is -0.0615. The summed E-state index contributed by atoms with van der Waals surface area (Å²) in [5.74, 6) is -0.805. The van der Waals surface area contributed by atoms with Crippen LogP contribution in [0.2, 0.25) is 5.02 Å². The number of hydrogen-bond donors (Lipinski definition) is 0. The fourth-order valence-electron chi connectivity index (χ4n) is 2.78. The molecule has 1 heterocycles. The van der Waals surface area contributed by atoms with Crippen LogP contribution in [0.5, 0.6) is 5.75 Å². The number of hydrogen-bond acceptors (Lipinski definition) is 5. The summed E-state index contributed by atoms with van der Waals surface area (Å²) in [6.07, 6.45) is 1.32. The highest BCUT2D eigenvalue weighted by Crippen LogP contribution is 2.26. The van der Waals surface area contributed by atoms with E-state index in [2.05, 4.69) is 0 Å². The molecule has 0 amide bonds. The van der Waals surface area contributed by atoms with Gasteiger partial charge in [-0.1, -0.05) is 41.9 Å². The highest BCUT2D eigenvalue weighted by Gasteiger charge is 2.19. The van der Waals surface area contributed by atoms with Crippen LogP contribution in [0.4, 0.5) is 4.39 Å². The summed E-state index contributed by atoms with van der Waals surface area (Å²) in [7, 11) is -4.25. The van der Waals surface area contributed by atoms with Gasteiger partial charge in [-0.25, -0.2) is 4.39 Å². The van der Waals surface area contributed by atoms with Crippen LogP contribution in [0, 0.1) is 5.82 Å². The third-order valence-corrected chi connectivity index (χ3v) is 5.75. The maximum Gasteiger partial charge on any atom is 0.339 e. The first-order valence-corrected chi connectivity index (χ1v) is 10.1. The molecule has 0 N–H and O–H groups in total. The van der Waals surface area contributed by atoms with Crippen LogP contribution >= 0.6 is 11.6 Å². The highest BCUT2D eigenvalue weighted by molar-refractivity contribution is 7.87. The van der Waals surface area contributed by atoms with Crippen molar-refractivity contribution in [3.63, 3.8) is 0 Å². The van der Waals surface area contributed by atoms with Crippen molar-refractivity contribution in [2.75, 3.05) is 0 Å². The number of halogens is 2. The second kappa shape index (κ2) is 7.35. The molecule has 0 aliphatic rings. The van der Waals surface area contributed by atoms with Crippen molar-refractivity contribution in [1.29, 1.82) is 0 Å². The van der Waals surface area contributed by atoms with Gasteiger partial charge in [0.15, 0.2) is 5.43 Å². The maximum atomic E-state index is 13.3. The Bertz CT molecular complexity index is 1380. The van der Waals surface area contributed by atoms with Crippen LogP contribution in [-0.4, -0.2) is 8.42 Å². The van der Waals surface area contributed by atoms with Gasteiger partial charge in [0.1, 0.15) is 28.3 Å². The minimum Gasteiger partial charge on any atom is -0.463 e. The summed E-state index contributed by atoms with van der Waals surface area (Å²) >= 11 is 5.64. The minimum atomic E-state index is -4.25. The molecule has 5 nitrogen and oxygen atoms in total. The molecule has 0 fully saturated rings. The lowest BCUT2D eigenvalue weighted by atomic mass is 10.1. The summed E-state index contributed by atoms with van der Waals surface area (Å²) < 4.78 is 48.7. The van der Waals surface area contributed by atoms with Crippen molar-refractivity contribution in [2.24, 2.45) is 0 Å². The fourth-order valence-corrected chi connectivity index (χ4v) is 3.98. The number of fused-ring (bicyclic) bond motifs is 1. The first-order valence-electron chi connectivity index (χ1n) is 8.36. The van der Waals surface area contributed by atoms with Gasteiger partial charge in [-0.2, -0.15) is 8.42 Å². The van der Waals surface area contributed by atoms with E-state index in [1.54, 1.807) is 12.1 Å².